The maximum absolute atomic E-state index is 4.33. The predicted octanol–water partition coefficient (Wildman–Crippen LogP) is 3.95. The van der Waals surface area contributed by atoms with Crippen LogP contribution in [0.1, 0.15) is 23.7 Å². The van der Waals surface area contributed by atoms with Crippen LogP contribution < -0.4 is 0 Å². The van der Waals surface area contributed by atoms with E-state index in [-0.39, 0.29) is 0 Å². The van der Waals surface area contributed by atoms with E-state index in [2.05, 4.69) is 49.2 Å². The molecule has 0 aliphatic carbocycles. The number of allylic oxidation sites excluding steroid dienone is 1. The first-order valence-electron chi connectivity index (χ1n) is 5.42. The number of benzene rings is 1. The van der Waals surface area contributed by atoms with Crippen LogP contribution in [0.2, 0.25) is 0 Å². The average Bonchev–Trinajstić information content (AvgIpc) is 2.30. The fourth-order valence-corrected chi connectivity index (χ4v) is 1.68. The molecule has 1 nitrogen and oxygen atoms in total. The Morgan fingerprint density at radius 3 is 2.69 bits per heavy atom. The summed E-state index contributed by atoms with van der Waals surface area (Å²) >= 11 is 0. The van der Waals surface area contributed by atoms with Crippen LogP contribution in [0, 0.1) is 6.92 Å². The van der Waals surface area contributed by atoms with E-state index in [9.17, 15) is 0 Å². The molecule has 0 aliphatic rings. The maximum atomic E-state index is 4.33. The molecule has 1 heteroatoms. The lowest BCUT2D eigenvalue weighted by Gasteiger charge is -2.01. The summed E-state index contributed by atoms with van der Waals surface area (Å²) in [5.74, 6) is 0. The Balaban J connectivity index is 2.32. The van der Waals surface area contributed by atoms with Crippen LogP contribution in [0.4, 0.5) is 0 Å². The lowest BCUT2D eigenvalue weighted by molar-refractivity contribution is 1.27. The molecule has 1 aromatic heterocycles. The van der Waals surface area contributed by atoms with E-state index in [4.69, 9.17) is 0 Å². The Morgan fingerprint density at radius 1 is 1.12 bits per heavy atom. The summed E-state index contributed by atoms with van der Waals surface area (Å²) < 4.78 is 0. The summed E-state index contributed by atoms with van der Waals surface area (Å²) in [4.78, 5) is 4.33. The van der Waals surface area contributed by atoms with Gasteiger partial charge >= 0.3 is 0 Å². The minimum atomic E-state index is 1.03. The molecule has 0 unspecified atom stereocenters. The number of aryl methyl sites for hydroxylation is 1. The number of hydrogen-bond donors (Lipinski definition) is 0. The van der Waals surface area contributed by atoms with Crippen molar-refractivity contribution in [3.05, 3.63) is 65.5 Å². The Hall–Kier alpha value is -1.89. The molecule has 1 heterocycles. The lowest BCUT2D eigenvalue weighted by Crippen LogP contribution is -1.84. The van der Waals surface area contributed by atoms with Crippen LogP contribution in [0.5, 0.6) is 0 Å². The molecule has 0 bridgehead atoms. The van der Waals surface area contributed by atoms with Gasteiger partial charge in [0.25, 0.3) is 0 Å². The number of hydrogen-bond acceptors (Lipinski definition) is 1. The number of aromatic nitrogens is 1. The fourth-order valence-electron chi connectivity index (χ4n) is 1.68. The minimum absolute atomic E-state index is 1.03. The molecule has 0 radical (unpaired) electrons. The highest BCUT2D eigenvalue weighted by Gasteiger charge is 1.96. The third-order valence-corrected chi connectivity index (χ3v) is 2.49. The molecule has 0 spiro atoms. The van der Waals surface area contributed by atoms with Crippen molar-refractivity contribution in [3.8, 4) is 0 Å². The van der Waals surface area contributed by atoms with Gasteiger partial charge in [-0.25, -0.2) is 0 Å². The van der Waals surface area contributed by atoms with Crippen molar-refractivity contribution in [1.82, 2.24) is 4.98 Å². The van der Waals surface area contributed by atoms with Crippen LogP contribution >= 0.6 is 0 Å². The molecule has 0 amide bonds. The summed E-state index contributed by atoms with van der Waals surface area (Å²) in [6.45, 7) is 4.19. The second-order valence-electron chi connectivity index (χ2n) is 3.96. The quantitative estimate of drug-likeness (QED) is 0.729. The average molecular weight is 209 g/mol. The van der Waals surface area contributed by atoms with Crippen molar-refractivity contribution >= 4 is 11.6 Å². The van der Waals surface area contributed by atoms with E-state index < -0.39 is 0 Å². The summed E-state index contributed by atoms with van der Waals surface area (Å²) in [6.07, 6.45) is 3.98. The number of nitrogens with zero attached hydrogens (tertiary/aromatic N) is 1. The summed E-state index contributed by atoms with van der Waals surface area (Å²) in [5.41, 5.74) is 4.72. The van der Waals surface area contributed by atoms with Crippen LogP contribution in [-0.2, 0) is 0 Å². The van der Waals surface area contributed by atoms with Gasteiger partial charge < -0.3 is 0 Å². The van der Waals surface area contributed by atoms with Gasteiger partial charge in [-0.2, -0.15) is 0 Å². The zero-order chi connectivity index (χ0) is 11.4. The normalized spacial score (nSPS) is 11.5. The summed E-state index contributed by atoms with van der Waals surface area (Å²) in [7, 11) is 0. The van der Waals surface area contributed by atoms with Crippen LogP contribution in [0.25, 0.3) is 11.6 Å². The van der Waals surface area contributed by atoms with Gasteiger partial charge in [0.1, 0.15) is 0 Å². The molecule has 1 aromatic carbocycles. The summed E-state index contributed by atoms with van der Waals surface area (Å²) in [5, 5.41) is 0. The molecule has 0 fully saturated rings. The highest BCUT2D eigenvalue weighted by Crippen LogP contribution is 2.15. The molecule has 0 N–H and O–H groups in total. The van der Waals surface area contributed by atoms with Crippen molar-refractivity contribution in [2.24, 2.45) is 0 Å². The number of pyridine rings is 1. The van der Waals surface area contributed by atoms with Gasteiger partial charge in [-0.05, 0) is 43.2 Å². The van der Waals surface area contributed by atoms with Gasteiger partial charge in [0.15, 0.2) is 0 Å². The molecular weight excluding hydrogens is 194 g/mol. The van der Waals surface area contributed by atoms with Gasteiger partial charge in [-0.15, -0.1) is 0 Å². The standard InChI is InChI=1S/C15H15N/c1-12-6-5-7-14(10-12)11-13(2)15-8-3-4-9-16-15/h3-11H,1-2H3. The molecule has 0 atom stereocenters. The first-order chi connectivity index (χ1) is 7.75. The number of rotatable bonds is 2. The van der Waals surface area contributed by atoms with Crippen molar-refractivity contribution in [2.75, 3.05) is 0 Å². The molecule has 0 saturated carbocycles. The maximum Gasteiger partial charge on any atom is 0.0658 e. The van der Waals surface area contributed by atoms with Gasteiger partial charge in [0, 0.05) is 6.20 Å². The molecule has 2 aromatic rings. The van der Waals surface area contributed by atoms with Gasteiger partial charge in [-0.3, -0.25) is 4.98 Å². The third kappa shape index (κ3) is 2.57. The second kappa shape index (κ2) is 4.75. The molecule has 2 rings (SSSR count). The minimum Gasteiger partial charge on any atom is -0.257 e. The summed E-state index contributed by atoms with van der Waals surface area (Å²) in [6, 6.07) is 14.4. The fraction of sp³-hybridized carbons (Fsp3) is 0.133. The third-order valence-electron chi connectivity index (χ3n) is 2.49. The van der Waals surface area contributed by atoms with Crippen molar-refractivity contribution in [2.45, 2.75) is 13.8 Å². The van der Waals surface area contributed by atoms with Gasteiger partial charge in [-0.1, -0.05) is 35.9 Å². The Kier molecular flexibility index (Phi) is 3.16. The smallest absolute Gasteiger partial charge is 0.0658 e. The second-order valence-corrected chi connectivity index (χ2v) is 3.96. The molecule has 0 aliphatic heterocycles. The lowest BCUT2D eigenvalue weighted by atomic mass is 10.1. The van der Waals surface area contributed by atoms with Crippen molar-refractivity contribution in [3.63, 3.8) is 0 Å². The molecular formula is C15H15N. The SMILES string of the molecule is CC(=Cc1cccc(C)c1)c1ccccn1. The zero-order valence-electron chi connectivity index (χ0n) is 9.64. The van der Waals surface area contributed by atoms with E-state index in [1.54, 1.807) is 0 Å². The van der Waals surface area contributed by atoms with E-state index in [0.29, 0.717) is 0 Å². The first-order valence-corrected chi connectivity index (χ1v) is 5.42. The van der Waals surface area contributed by atoms with Gasteiger partial charge in [0.05, 0.1) is 5.69 Å². The topological polar surface area (TPSA) is 12.9 Å². The van der Waals surface area contributed by atoms with Gasteiger partial charge in [0.2, 0.25) is 0 Å². The van der Waals surface area contributed by atoms with E-state index in [1.807, 2.05) is 24.4 Å². The first kappa shape index (κ1) is 10.6. The highest BCUT2D eigenvalue weighted by atomic mass is 14.7. The van der Waals surface area contributed by atoms with E-state index >= 15 is 0 Å². The van der Waals surface area contributed by atoms with E-state index in [0.717, 1.165) is 5.69 Å². The highest BCUT2D eigenvalue weighted by molar-refractivity contribution is 5.78. The van der Waals surface area contributed by atoms with Crippen LogP contribution in [0.15, 0.2) is 48.7 Å². The Bertz CT molecular complexity index is 498. The van der Waals surface area contributed by atoms with Crippen molar-refractivity contribution in [1.29, 1.82) is 0 Å². The molecule has 80 valence electrons. The molecule has 0 saturated heterocycles. The Labute approximate surface area is 96.5 Å². The van der Waals surface area contributed by atoms with Crippen molar-refractivity contribution < 1.29 is 0 Å². The monoisotopic (exact) mass is 209 g/mol. The van der Waals surface area contributed by atoms with E-state index in [1.165, 1.54) is 16.7 Å². The predicted molar refractivity (Wildman–Crippen MR) is 69.0 cm³/mol. The van der Waals surface area contributed by atoms with Crippen LogP contribution in [-0.4, -0.2) is 4.98 Å². The zero-order valence-corrected chi connectivity index (χ0v) is 9.64. The van der Waals surface area contributed by atoms with Crippen LogP contribution in [0.3, 0.4) is 0 Å². The molecule has 16 heavy (non-hydrogen) atoms. The largest absolute Gasteiger partial charge is 0.257 e. The Morgan fingerprint density at radius 2 is 2.00 bits per heavy atom.